The molecule has 6 heteroatoms. The highest BCUT2D eigenvalue weighted by molar-refractivity contribution is 5.49. The van der Waals surface area contributed by atoms with Gasteiger partial charge in [-0.15, -0.1) is 0 Å². The van der Waals surface area contributed by atoms with Gasteiger partial charge in [0.2, 0.25) is 0 Å². The van der Waals surface area contributed by atoms with E-state index in [1.807, 2.05) is 19.2 Å². The van der Waals surface area contributed by atoms with Crippen molar-refractivity contribution in [3.63, 3.8) is 0 Å². The Balaban J connectivity index is 1.44. The number of aromatic nitrogens is 4. The van der Waals surface area contributed by atoms with Gasteiger partial charge >= 0.3 is 0 Å². The lowest BCUT2D eigenvalue weighted by Gasteiger charge is -2.20. The molecule has 1 aliphatic carbocycles. The summed E-state index contributed by atoms with van der Waals surface area (Å²) in [5, 5.41) is 3.56. The Morgan fingerprint density at radius 2 is 2.00 bits per heavy atom. The summed E-state index contributed by atoms with van der Waals surface area (Å²) in [6.45, 7) is 6.08. The van der Waals surface area contributed by atoms with Crippen molar-refractivity contribution in [3.8, 4) is 0 Å². The van der Waals surface area contributed by atoms with E-state index >= 15 is 0 Å². The molecule has 0 bridgehead atoms. The van der Waals surface area contributed by atoms with Crippen molar-refractivity contribution < 1.29 is 0 Å². The largest absolute Gasteiger partial charge is 0.365 e. The van der Waals surface area contributed by atoms with Crippen LogP contribution in [-0.4, -0.2) is 39.1 Å². The summed E-state index contributed by atoms with van der Waals surface area (Å²) in [5.74, 6) is 3.59. The van der Waals surface area contributed by atoms with Crippen molar-refractivity contribution in [3.05, 3.63) is 35.7 Å². The van der Waals surface area contributed by atoms with Gasteiger partial charge in [0.25, 0.3) is 0 Å². The van der Waals surface area contributed by atoms with E-state index in [1.165, 1.54) is 18.4 Å². The highest BCUT2D eigenvalue weighted by atomic mass is 15.2. The summed E-state index contributed by atoms with van der Waals surface area (Å²) in [6, 6.07) is 2.36. The second-order valence-corrected chi connectivity index (χ2v) is 6.56. The van der Waals surface area contributed by atoms with Gasteiger partial charge in [-0.2, -0.15) is 0 Å². The second-order valence-electron chi connectivity index (χ2n) is 6.56. The van der Waals surface area contributed by atoms with Crippen LogP contribution < -0.4 is 10.2 Å². The van der Waals surface area contributed by atoms with Crippen molar-refractivity contribution in [1.82, 2.24) is 19.9 Å². The number of rotatable bonds is 4. The van der Waals surface area contributed by atoms with Gasteiger partial charge in [-0.25, -0.2) is 19.9 Å². The summed E-state index contributed by atoms with van der Waals surface area (Å²) >= 11 is 0. The van der Waals surface area contributed by atoms with E-state index in [-0.39, 0.29) is 0 Å². The first kappa shape index (κ1) is 14.4. The summed E-state index contributed by atoms with van der Waals surface area (Å²) in [5.41, 5.74) is 2.22. The van der Waals surface area contributed by atoms with Crippen molar-refractivity contribution in [2.75, 3.05) is 23.3 Å². The molecule has 6 nitrogen and oxygen atoms in total. The molecule has 120 valence electrons. The Kier molecular flexibility index (Phi) is 3.59. The van der Waals surface area contributed by atoms with Crippen molar-refractivity contribution in [2.24, 2.45) is 0 Å². The maximum Gasteiger partial charge on any atom is 0.135 e. The molecule has 2 aromatic heterocycles. The molecular formula is C17H22N6. The van der Waals surface area contributed by atoms with E-state index in [0.29, 0.717) is 12.0 Å². The van der Waals surface area contributed by atoms with E-state index < -0.39 is 0 Å². The molecular weight excluding hydrogens is 288 g/mol. The zero-order valence-corrected chi connectivity index (χ0v) is 13.7. The molecule has 23 heavy (non-hydrogen) atoms. The molecule has 1 N–H and O–H groups in total. The zero-order valence-electron chi connectivity index (χ0n) is 13.7. The predicted octanol–water partition coefficient (Wildman–Crippen LogP) is 2.45. The number of hydrogen-bond donors (Lipinski definition) is 1. The number of hydrogen-bond acceptors (Lipinski definition) is 6. The summed E-state index contributed by atoms with van der Waals surface area (Å²) in [6.07, 6.45) is 7.07. The van der Waals surface area contributed by atoms with Crippen LogP contribution in [0, 0.1) is 13.8 Å². The van der Waals surface area contributed by atoms with Crippen molar-refractivity contribution in [1.29, 1.82) is 0 Å². The van der Waals surface area contributed by atoms with Crippen molar-refractivity contribution in [2.45, 2.75) is 45.1 Å². The van der Waals surface area contributed by atoms with Crippen LogP contribution >= 0.6 is 0 Å². The molecule has 1 saturated carbocycles. The van der Waals surface area contributed by atoms with Gasteiger partial charge < -0.3 is 10.2 Å². The standard InChI is InChI=1S/C17H22N6/c1-11-12(2)19-10-20-17(11)23-8-6-14(9-23)21-15-5-7-18-16(22-15)13-3-4-13/h5,7,10,13-14H,3-4,6,8-9H2,1-2H3,(H,18,21,22). The Hall–Kier alpha value is -2.24. The molecule has 0 radical (unpaired) electrons. The van der Waals surface area contributed by atoms with E-state index in [1.54, 1.807) is 6.33 Å². The highest BCUT2D eigenvalue weighted by Gasteiger charge is 2.28. The third kappa shape index (κ3) is 2.98. The monoisotopic (exact) mass is 310 g/mol. The molecule has 2 aromatic rings. The van der Waals surface area contributed by atoms with Crippen LogP contribution in [0.5, 0.6) is 0 Å². The van der Waals surface area contributed by atoms with Crippen LogP contribution in [0.25, 0.3) is 0 Å². The highest BCUT2D eigenvalue weighted by Crippen LogP contribution is 2.38. The van der Waals surface area contributed by atoms with Gasteiger partial charge in [0.05, 0.1) is 0 Å². The van der Waals surface area contributed by atoms with Gasteiger partial charge in [-0.3, -0.25) is 0 Å². The first-order valence-corrected chi connectivity index (χ1v) is 8.33. The van der Waals surface area contributed by atoms with Crippen LogP contribution in [0.15, 0.2) is 18.6 Å². The molecule has 1 atom stereocenters. The molecule has 1 unspecified atom stereocenters. The quantitative estimate of drug-likeness (QED) is 0.935. The fourth-order valence-electron chi connectivity index (χ4n) is 3.12. The minimum Gasteiger partial charge on any atom is -0.365 e. The van der Waals surface area contributed by atoms with Gasteiger partial charge in [-0.1, -0.05) is 0 Å². The number of nitrogens with zero attached hydrogens (tertiary/aromatic N) is 5. The van der Waals surface area contributed by atoms with Gasteiger partial charge in [0.1, 0.15) is 23.8 Å². The molecule has 0 aromatic carbocycles. The van der Waals surface area contributed by atoms with Gasteiger partial charge in [0, 0.05) is 42.5 Å². The topological polar surface area (TPSA) is 66.8 Å². The molecule has 4 rings (SSSR count). The van der Waals surface area contributed by atoms with E-state index in [4.69, 9.17) is 0 Å². The van der Waals surface area contributed by atoms with E-state index in [9.17, 15) is 0 Å². The molecule has 1 saturated heterocycles. The minimum absolute atomic E-state index is 0.395. The van der Waals surface area contributed by atoms with Gasteiger partial charge in [0.15, 0.2) is 0 Å². The fourth-order valence-corrected chi connectivity index (χ4v) is 3.12. The molecule has 1 aliphatic heterocycles. The summed E-state index contributed by atoms with van der Waals surface area (Å²) in [4.78, 5) is 20.1. The van der Waals surface area contributed by atoms with Crippen LogP contribution in [0.3, 0.4) is 0 Å². The lowest BCUT2D eigenvalue weighted by atomic mass is 10.2. The third-order valence-corrected chi connectivity index (χ3v) is 4.77. The molecule has 3 heterocycles. The lowest BCUT2D eigenvalue weighted by molar-refractivity contribution is 0.792. The predicted molar refractivity (Wildman–Crippen MR) is 89.8 cm³/mol. The number of anilines is 2. The lowest BCUT2D eigenvalue weighted by Crippen LogP contribution is -2.27. The SMILES string of the molecule is Cc1ncnc(N2CCC(Nc3ccnc(C4CC4)n3)C2)c1C. The molecule has 0 spiro atoms. The van der Waals surface area contributed by atoms with Crippen LogP contribution in [0.2, 0.25) is 0 Å². The van der Waals surface area contributed by atoms with E-state index in [0.717, 1.165) is 42.7 Å². The average molecular weight is 310 g/mol. The maximum absolute atomic E-state index is 4.66. The molecule has 2 fully saturated rings. The average Bonchev–Trinajstić information content (AvgIpc) is 3.31. The summed E-state index contributed by atoms with van der Waals surface area (Å²) in [7, 11) is 0. The number of nitrogens with one attached hydrogen (secondary N) is 1. The number of aryl methyl sites for hydroxylation is 1. The van der Waals surface area contributed by atoms with Crippen LogP contribution in [0.1, 0.15) is 42.3 Å². The maximum atomic E-state index is 4.66. The normalized spacial score (nSPS) is 20.8. The Bertz CT molecular complexity index is 712. The second kappa shape index (κ2) is 5.76. The fraction of sp³-hybridized carbons (Fsp3) is 0.529. The molecule has 0 amide bonds. The zero-order chi connectivity index (χ0) is 15.8. The Labute approximate surface area is 136 Å². The Morgan fingerprint density at radius 1 is 1.13 bits per heavy atom. The van der Waals surface area contributed by atoms with Crippen molar-refractivity contribution >= 4 is 11.6 Å². The summed E-state index contributed by atoms with van der Waals surface area (Å²) < 4.78 is 0. The van der Waals surface area contributed by atoms with Crippen LogP contribution in [-0.2, 0) is 0 Å². The van der Waals surface area contributed by atoms with E-state index in [2.05, 4.69) is 37.1 Å². The van der Waals surface area contributed by atoms with Crippen LogP contribution in [0.4, 0.5) is 11.6 Å². The first-order valence-electron chi connectivity index (χ1n) is 8.33. The third-order valence-electron chi connectivity index (χ3n) is 4.77. The smallest absolute Gasteiger partial charge is 0.135 e. The first-order chi connectivity index (χ1) is 11.2. The minimum atomic E-state index is 0.395. The van der Waals surface area contributed by atoms with Gasteiger partial charge in [-0.05, 0) is 39.2 Å². The molecule has 2 aliphatic rings. The Morgan fingerprint density at radius 3 is 2.83 bits per heavy atom.